The number of aliphatic hydroxyl groups excluding tert-OH is 1. The van der Waals surface area contributed by atoms with Crippen molar-refractivity contribution in [1.29, 1.82) is 0 Å². The zero-order valence-corrected chi connectivity index (χ0v) is 19.9. The maximum absolute atomic E-state index is 13.7. The monoisotopic (exact) mass is 457 g/mol. The molecule has 0 unspecified atom stereocenters. The smallest absolute Gasteiger partial charge is 0.338 e. The summed E-state index contributed by atoms with van der Waals surface area (Å²) in [7, 11) is 0. The van der Waals surface area contributed by atoms with Crippen LogP contribution in [0.3, 0.4) is 0 Å². The SMILES string of the molecule is CC(C)(C)OC(=O)[C@]1([C@@H](O)[C@@H]2C=CCCC2)NC(=O)[C@@H]2C[C@H](OCc3ccccc3)O[C@@]21C. The Bertz CT molecular complexity index is 909. The molecule has 0 saturated carbocycles. The summed E-state index contributed by atoms with van der Waals surface area (Å²) in [6, 6.07) is 9.70. The molecule has 2 fully saturated rings. The van der Waals surface area contributed by atoms with Crippen molar-refractivity contribution in [1.82, 2.24) is 5.32 Å². The van der Waals surface area contributed by atoms with Crippen molar-refractivity contribution in [2.75, 3.05) is 0 Å². The Morgan fingerprint density at radius 1 is 1.30 bits per heavy atom. The largest absolute Gasteiger partial charge is 0.458 e. The van der Waals surface area contributed by atoms with Crippen LogP contribution in [0.1, 0.15) is 58.9 Å². The van der Waals surface area contributed by atoms with Crippen LogP contribution in [0.2, 0.25) is 0 Å². The lowest BCUT2D eigenvalue weighted by atomic mass is 9.69. The topological polar surface area (TPSA) is 94.1 Å². The molecule has 2 aliphatic heterocycles. The number of ether oxygens (including phenoxy) is 3. The summed E-state index contributed by atoms with van der Waals surface area (Å²) >= 11 is 0. The van der Waals surface area contributed by atoms with Gasteiger partial charge in [0.25, 0.3) is 0 Å². The third-order valence-corrected chi connectivity index (χ3v) is 7.03. The molecule has 3 aliphatic rings. The van der Waals surface area contributed by atoms with Crippen LogP contribution >= 0.6 is 0 Å². The van der Waals surface area contributed by atoms with Crippen molar-refractivity contribution in [3.05, 3.63) is 48.0 Å². The zero-order chi connectivity index (χ0) is 23.9. The molecule has 0 aromatic heterocycles. The maximum Gasteiger partial charge on any atom is 0.338 e. The highest BCUT2D eigenvalue weighted by atomic mass is 16.7. The van der Waals surface area contributed by atoms with Gasteiger partial charge in [0, 0.05) is 12.3 Å². The molecular weight excluding hydrogens is 422 g/mol. The number of fused-ring (bicyclic) bond motifs is 1. The Morgan fingerprint density at radius 2 is 2.03 bits per heavy atom. The molecular formula is C26H35NO6. The van der Waals surface area contributed by atoms with Crippen LogP contribution in [0.4, 0.5) is 0 Å². The van der Waals surface area contributed by atoms with Crippen LogP contribution in [0.15, 0.2) is 42.5 Å². The summed E-state index contributed by atoms with van der Waals surface area (Å²) in [5.74, 6) is -1.94. The minimum absolute atomic E-state index is 0.296. The first kappa shape index (κ1) is 23.9. The third kappa shape index (κ3) is 4.34. The molecule has 1 aromatic rings. The van der Waals surface area contributed by atoms with Gasteiger partial charge < -0.3 is 24.6 Å². The molecule has 0 spiro atoms. The van der Waals surface area contributed by atoms with Crippen LogP contribution in [0.25, 0.3) is 0 Å². The average molecular weight is 458 g/mol. The number of carbonyl (C=O) groups is 2. The molecule has 2 N–H and O–H groups in total. The molecule has 180 valence electrons. The summed E-state index contributed by atoms with van der Waals surface area (Å²) in [6.45, 7) is 7.35. The van der Waals surface area contributed by atoms with E-state index in [2.05, 4.69) is 5.32 Å². The second kappa shape index (κ2) is 8.85. The molecule has 0 radical (unpaired) electrons. The number of carbonyl (C=O) groups excluding carboxylic acids is 2. The van der Waals surface area contributed by atoms with Gasteiger partial charge in [0.2, 0.25) is 5.91 Å². The molecule has 0 bridgehead atoms. The molecule has 2 heterocycles. The Labute approximate surface area is 195 Å². The van der Waals surface area contributed by atoms with Crippen molar-refractivity contribution in [2.45, 2.75) is 89.1 Å². The second-order valence-electron chi connectivity index (χ2n) is 10.5. The number of rotatable bonds is 6. The van der Waals surface area contributed by atoms with E-state index in [-0.39, 0.29) is 11.8 Å². The molecule has 1 aromatic carbocycles. The van der Waals surface area contributed by atoms with Crippen LogP contribution in [-0.4, -0.2) is 46.1 Å². The highest BCUT2D eigenvalue weighted by Crippen LogP contribution is 2.52. The van der Waals surface area contributed by atoms with E-state index in [0.717, 1.165) is 18.4 Å². The molecule has 7 heteroatoms. The summed E-state index contributed by atoms with van der Waals surface area (Å²) < 4.78 is 18.1. The molecule has 33 heavy (non-hydrogen) atoms. The van der Waals surface area contributed by atoms with Gasteiger partial charge in [-0.2, -0.15) is 0 Å². The van der Waals surface area contributed by atoms with Crippen LogP contribution in [-0.2, 0) is 30.4 Å². The van der Waals surface area contributed by atoms with Crippen LogP contribution < -0.4 is 5.32 Å². The standard InChI is InChI=1S/C26H35NO6/c1-24(2,3)33-23(30)26(21(28)18-13-9-6-10-14-18)25(4)19(22(29)27-26)15-20(32-25)31-16-17-11-7-5-8-12-17/h5,7-9,11-13,18-21,28H,6,10,14-16H2,1-4H3,(H,27,29)/t18-,19+,20-,21+,25+,26+/m1/s1. The first-order valence-corrected chi connectivity index (χ1v) is 11.8. The predicted molar refractivity (Wildman–Crippen MR) is 122 cm³/mol. The lowest BCUT2D eigenvalue weighted by molar-refractivity contribution is -0.218. The number of hydrogen-bond donors (Lipinski definition) is 2. The van der Waals surface area contributed by atoms with E-state index in [9.17, 15) is 14.7 Å². The third-order valence-electron chi connectivity index (χ3n) is 7.03. The van der Waals surface area contributed by atoms with Crippen molar-refractivity contribution >= 4 is 11.9 Å². The molecule has 1 amide bonds. The van der Waals surface area contributed by atoms with E-state index in [1.54, 1.807) is 27.7 Å². The lowest BCUT2D eigenvalue weighted by Gasteiger charge is -2.46. The zero-order valence-electron chi connectivity index (χ0n) is 19.9. The number of nitrogens with one attached hydrogen (secondary N) is 1. The molecule has 2 saturated heterocycles. The van der Waals surface area contributed by atoms with E-state index >= 15 is 0 Å². The van der Waals surface area contributed by atoms with Gasteiger partial charge in [0.05, 0.1) is 18.6 Å². The molecule has 1 aliphatic carbocycles. The van der Waals surface area contributed by atoms with Gasteiger partial charge in [-0.25, -0.2) is 4.79 Å². The van der Waals surface area contributed by atoms with Gasteiger partial charge in [-0.05, 0) is 52.5 Å². The van der Waals surface area contributed by atoms with Crippen LogP contribution in [0, 0.1) is 11.8 Å². The first-order chi connectivity index (χ1) is 15.6. The van der Waals surface area contributed by atoms with Gasteiger partial charge in [-0.1, -0.05) is 42.5 Å². The van der Waals surface area contributed by atoms with Crippen molar-refractivity contribution in [2.24, 2.45) is 11.8 Å². The number of esters is 1. The Hall–Kier alpha value is -2.22. The van der Waals surface area contributed by atoms with E-state index in [4.69, 9.17) is 14.2 Å². The number of amides is 1. The summed E-state index contributed by atoms with van der Waals surface area (Å²) in [5.41, 5.74) is -2.87. The van der Waals surface area contributed by atoms with E-state index < -0.39 is 41.0 Å². The minimum atomic E-state index is -1.74. The Morgan fingerprint density at radius 3 is 2.67 bits per heavy atom. The Balaban J connectivity index is 1.65. The van der Waals surface area contributed by atoms with E-state index in [1.165, 1.54) is 0 Å². The fraction of sp³-hybridized carbons (Fsp3) is 0.615. The average Bonchev–Trinajstić information content (AvgIpc) is 3.23. The number of allylic oxidation sites excluding steroid dienone is 1. The van der Waals surface area contributed by atoms with Gasteiger partial charge in [0.1, 0.15) is 11.2 Å². The van der Waals surface area contributed by atoms with E-state index in [0.29, 0.717) is 19.4 Å². The predicted octanol–water partition coefficient (Wildman–Crippen LogP) is 3.25. The quantitative estimate of drug-likeness (QED) is 0.503. The van der Waals surface area contributed by atoms with Crippen LogP contribution in [0.5, 0.6) is 0 Å². The van der Waals surface area contributed by atoms with Crippen molar-refractivity contribution in [3.8, 4) is 0 Å². The maximum atomic E-state index is 13.7. The summed E-state index contributed by atoms with van der Waals surface area (Å²) in [5, 5.41) is 14.5. The van der Waals surface area contributed by atoms with E-state index in [1.807, 2.05) is 42.5 Å². The number of benzene rings is 1. The van der Waals surface area contributed by atoms with Gasteiger partial charge in [-0.3, -0.25) is 4.79 Å². The second-order valence-corrected chi connectivity index (χ2v) is 10.5. The molecule has 4 rings (SSSR count). The van der Waals surface area contributed by atoms with Gasteiger partial charge in [0.15, 0.2) is 11.8 Å². The summed E-state index contributed by atoms with van der Waals surface area (Å²) in [6.07, 6.45) is 4.92. The number of hydrogen-bond acceptors (Lipinski definition) is 6. The fourth-order valence-electron chi connectivity index (χ4n) is 5.34. The normalized spacial score (nSPS) is 34.6. The first-order valence-electron chi connectivity index (χ1n) is 11.8. The number of aliphatic hydroxyl groups is 1. The molecule has 6 atom stereocenters. The van der Waals surface area contributed by atoms with Crippen molar-refractivity contribution in [3.63, 3.8) is 0 Å². The lowest BCUT2D eigenvalue weighted by Crippen LogP contribution is -2.71. The van der Waals surface area contributed by atoms with Gasteiger partial charge >= 0.3 is 5.97 Å². The van der Waals surface area contributed by atoms with Gasteiger partial charge in [-0.15, -0.1) is 0 Å². The molecule has 7 nitrogen and oxygen atoms in total. The highest BCUT2D eigenvalue weighted by molar-refractivity contribution is 5.97. The summed E-state index contributed by atoms with van der Waals surface area (Å²) in [4.78, 5) is 26.9. The van der Waals surface area contributed by atoms with Crippen molar-refractivity contribution < 1.29 is 28.9 Å². The Kier molecular flexibility index (Phi) is 6.42. The minimum Gasteiger partial charge on any atom is -0.458 e. The highest BCUT2D eigenvalue weighted by Gasteiger charge is 2.74. The fourth-order valence-corrected chi connectivity index (χ4v) is 5.34.